The molecule has 1 N–H and O–H groups in total. The first-order chi connectivity index (χ1) is 14.5. The largest absolute Gasteiger partial charge is 0.493 e. The Morgan fingerprint density at radius 2 is 1.57 bits per heavy atom. The summed E-state index contributed by atoms with van der Waals surface area (Å²) in [4.78, 5) is 24.4. The van der Waals surface area contributed by atoms with Crippen molar-refractivity contribution in [2.24, 2.45) is 0 Å². The Kier molecular flexibility index (Phi) is 6.93. The molecule has 7 heteroatoms. The summed E-state index contributed by atoms with van der Waals surface area (Å²) in [5.41, 5.74) is 2.87. The highest BCUT2D eigenvalue weighted by Gasteiger charge is 2.17. The summed E-state index contributed by atoms with van der Waals surface area (Å²) >= 11 is 6.09. The molecule has 0 bridgehead atoms. The van der Waals surface area contributed by atoms with Crippen LogP contribution in [0, 0.1) is 0 Å². The third kappa shape index (κ3) is 5.10. The maximum atomic E-state index is 12.3. The summed E-state index contributed by atoms with van der Waals surface area (Å²) in [6.45, 7) is -0.439. The van der Waals surface area contributed by atoms with E-state index in [-0.39, 0.29) is 10.6 Å². The van der Waals surface area contributed by atoms with Gasteiger partial charge in [0.25, 0.3) is 5.91 Å². The number of benzene rings is 3. The van der Waals surface area contributed by atoms with Crippen LogP contribution in [0.2, 0.25) is 5.02 Å². The monoisotopic (exact) mass is 425 g/mol. The first-order valence-electron chi connectivity index (χ1n) is 9.06. The standard InChI is InChI=1S/C23H20ClNO5/c1-28-20-13-17(12-19(24)22(20)29-2)23(27)30-14-21(26)25-18-10-8-16(9-11-18)15-6-4-3-5-7-15/h3-13H,14H2,1-2H3,(H,25,26). The van der Waals surface area contributed by atoms with Crippen molar-refractivity contribution < 1.29 is 23.8 Å². The van der Waals surface area contributed by atoms with Crippen LogP contribution in [0.4, 0.5) is 5.69 Å². The molecule has 0 fully saturated rings. The van der Waals surface area contributed by atoms with Gasteiger partial charge in [-0.25, -0.2) is 4.79 Å². The molecule has 0 heterocycles. The quantitative estimate of drug-likeness (QED) is 0.549. The predicted octanol–water partition coefficient (Wildman–Crippen LogP) is 4.82. The molecule has 0 saturated heterocycles. The van der Waals surface area contributed by atoms with Gasteiger partial charge in [0.1, 0.15) is 0 Å². The second-order valence-corrected chi connectivity index (χ2v) is 6.67. The summed E-state index contributed by atoms with van der Waals surface area (Å²) in [6.07, 6.45) is 0. The number of hydrogen-bond donors (Lipinski definition) is 1. The SMILES string of the molecule is COc1cc(C(=O)OCC(=O)Nc2ccc(-c3ccccc3)cc2)cc(Cl)c1OC. The molecular weight excluding hydrogens is 406 g/mol. The summed E-state index contributed by atoms with van der Waals surface area (Å²) in [5, 5.41) is 2.89. The van der Waals surface area contributed by atoms with Gasteiger partial charge in [0.2, 0.25) is 0 Å². The number of methoxy groups -OCH3 is 2. The molecule has 0 unspecified atom stereocenters. The van der Waals surface area contributed by atoms with E-state index in [0.717, 1.165) is 11.1 Å². The van der Waals surface area contributed by atoms with Gasteiger partial charge in [-0.1, -0.05) is 54.1 Å². The maximum Gasteiger partial charge on any atom is 0.338 e. The maximum absolute atomic E-state index is 12.3. The Bertz CT molecular complexity index is 1040. The van der Waals surface area contributed by atoms with Gasteiger partial charge in [0, 0.05) is 5.69 Å². The average Bonchev–Trinajstić information content (AvgIpc) is 2.78. The Labute approximate surface area is 179 Å². The Balaban J connectivity index is 1.58. The van der Waals surface area contributed by atoms with E-state index in [9.17, 15) is 9.59 Å². The number of amides is 1. The van der Waals surface area contributed by atoms with Crippen molar-refractivity contribution in [2.75, 3.05) is 26.1 Å². The number of halogens is 1. The van der Waals surface area contributed by atoms with Gasteiger partial charge in [-0.2, -0.15) is 0 Å². The topological polar surface area (TPSA) is 73.9 Å². The lowest BCUT2D eigenvalue weighted by atomic mass is 10.1. The van der Waals surface area contributed by atoms with Crippen molar-refractivity contribution >= 4 is 29.2 Å². The molecule has 30 heavy (non-hydrogen) atoms. The molecule has 154 valence electrons. The molecule has 1 amide bonds. The van der Waals surface area contributed by atoms with Crippen LogP contribution in [-0.4, -0.2) is 32.7 Å². The molecule has 0 aliphatic rings. The highest BCUT2D eigenvalue weighted by atomic mass is 35.5. The molecular formula is C23H20ClNO5. The third-order valence-electron chi connectivity index (χ3n) is 4.28. The zero-order valence-corrected chi connectivity index (χ0v) is 17.2. The summed E-state index contributed by atoms with van der Waals surface area (Å²) in [5.74, 6) is -0.554. The Hall–Kier alpha value is -3.51. The van der Waals surface area contributed by atoms with Crippen molar-refractivity contribution in [1.82, 2.24) is 0 Å². The zero-order chi connectivity index (χ0) is 21.5. The Morgan fingerprint density at radius 3 is 2.20 bits per heavy atom. The Morgan fingerprint density at radius 1 is 0.900 bits per heavy atom. The van der Waals surface area contributed by atoms with Crippen molar-refractivity contribution in [1.29, 1.82) is 0 Å². The van der Waals surface area contributed by atoms with Crippen LogP contribution >= 0.6 is 11.6 Å². The van der Waals surface area contributed by atoms with Gasteiger partial charge >= 0.3 is 5.97 Å². The van der Waals surface area contributed by atoms with Crippen molar-refractivity contribution in [3.8, 4) is 22.6 Å². The van der Waals surface area contributed by atoms with Gasteiger partial charge in [-0.15, -0.1) is 0 Å². The molecule has 0 aliphatic carbocycles. The zero-order valence-electron chi connectivity index (χ0n) is 16.5. The number of rotatable bonds is 7. The van der Waals surface area contributed by atoms with Crippen molar-refractivity contribution in [2.45, 2.75) is 0 Å². The second-order valence-electron chi connectivity index (χ2n) is 6.26. The van der Waals surface area contributed by atoms with Crippen LogP contribution in [0.3, 0.4) is 0 Å². The smallest absolute Gasteiger partial charge is 0.338 e. The van der Waals surface area contributed by atoms with E-state index in [0.29, 0.717) is 17.2 Å². The molecule has 0 radical (unpaired) electrons. The minimum atomic E-state index is -0.701. The van der Waals surface area contributed by atoms with Gasteiger partial charge in [-0.3, -0.25) is 4.79 Å². The fraction of sp³-hybridized carbons (Fsp3) is 0.130. The molecule has 0 atom stereocenters. The first kappa shape index (κ1) is 21.2. The van der Waals surface area contributed by atoms with Gasteiger partial charge < -0.3 is 19.5 Å². The van der Waals surface area contributed by atoms with Crippen LogP contribution in [0.1, 0.15) is 10.4 Å². The van der Waals surface area contributed by atoms with E-state index in [1.54, 1.807) is 12.1 Å². The lowest BCUT2D eigenvalue weighted by Gasteiger charge is -2.12. The van der Waals surface area contributed by atoms with Crippen molar-refractivity contribution in [3.05, 3.63) is 77.3 Å². The van der Waals surface area contributed by atoms with E-state index in [1.807, 2.05) is 42.5 Å². The number of hydrogen-bond acceptors (Lipinski definition) is 5. The molecule has 3 aromatic rings. The van der Waals surface area contributed by atoms with E-state index < -0.39 is 18.5 Å². The van der Waals surface area contributed by atoms with Gasteiger partial charge in [0.05, 0.1) is 24.8 Å². The van der Waals surface area contributed by atoms with Crippen LogP contribution in [0.5, 0.6) is 11.5 Å². The molecule has 3 rings (SSSR count). The first-order valence-corrected chi connectivity index (χ1v) is 9.43. The molecule has 6 nitrogen and oxygen atoms in total. The number of nitrogens with one attached hydrogen (secondary N) is 1. The van der Waals surface area contributed by atoms with Crippen LogP contribution in [0.15, 0.2) is 66.7 Å². The highest BCUT2D eigenvalue weighted by molar-refractivity contribution is 6.32. The minimum absolute atomic E-state index is 0.151. The number of anilines is 1. The van der Waals surface area contributed by atoms with Crippen LogP contribution in [-0.2, 0) is 9.53 Å². The number of carbonyl (C=O) groups is 2. The normalized spacial score (nSPS) is 10.2. The van der Waals surface area contributed by atoms with Crippen LogP contribution < -0.4 is 14.8 Å². The van der Waals surface area contributed by atoms with E-state index >= 15 is 0 Å². The summed E-state index contributed by atoms with van der Waals surface area (Å²) in [7, 11) is 2.87. The minimum Gasteiger partial charge on any atom is -0.493 e. The van der Waals surface area contributed by atoms with Crippen LogP contribution in [0.25, 0.3) is 11.1 Å². The van der Waals surface area contributed by atoms with Crippen molar-refractivity contribution in [3.63, 3.8) is 0 Å². The summed E-state index contributed by atoms with van der Waals surface area (Å²) in [6, 6.07) is 20.1. The molecule has 3 aromatic carbocycles. The highest BCUT2D eigenvalue weighted by Crippen LogP contribution is 2.36. The summed E-state index contributed by atoms with van der Waals surface area (Å²) < 4.78 is 15.4. The fourth-order valence-electron chi connectivity index (χ4n) is 2.82. The van der Waals surface area contributed by atoms with E-state index in [4.69, 9.17) is 25.8 Å². The second kappa shape index (κ2) is 9.80. The predicted molar refractivity (Wildman–Crippen MR) is 115 cm³/mol. The van der Waals surface area contributed by atoms with E-state index in [1.165, 1.54) is 26.4 Å². The average molecular weight is 426 g/mol. The fourth-order valence-corrected chi connectivity index (χ4v) is 3.11. The number of carbonyl (C=O) groups excluding carboxylic acids is 2. The van der Waals surface area contributed by atoms with Gasteiger partial charge in [0.15, 0.2) is 18.1 Å². The number of ether oxygens (including phenoxy) is 3. The third-order valence-corrected chi connectivity index (χ3v) is 4.56. The lowest BCUT2D eigenvalue weighted by molar-refractivity contribution is -0.119. The molecule has 0 aromatic heterocycles. The van der Waals surface area contributed by atoms with Gasteiger partial charge in [-0.05, 0) is 35.4 Å². The van der Waals surface area contributed by atoms with E-state index in [2.05, 4.69) is 5.32 Å². The lowest BCUT2D eigenvalue weighted by Crippen LogP contribution is -2.21. The number of esters is 1. The molecule has 0 saturated carbocycles. The molecule has 0 spiro atoms. The molecule has 0 aliphatic heterocycles.